The smallest absolute Gasteiger partial charge is 0.132 e. The van der Waals surface area contributed by atoms with Gasteiger partial charge in [0.15, 0.2) is 0 Å². The Morgan fingerprint density at radius 1 is 1.47 bits per heavy atom. The first-order valence-corrected chi connectivity index (χ1v) is 6.14. The van der Waals surface area contributed by atoms with Crippen LogP contribution < -0.4 is 4.74 Å². The van der Waals surface area contributed by atoms with Gasteiger partial charge in [0.1, 0.15) is 11.6 Å². The second-order valence-corrected chi connectivity index (χ2v) is 4.48. The monoisotopic (exact) mass is 264 g/mol. The molecule has 4 nitrogen and oxygen atoms in total. The summed E-state index contributed by atoms with van der Waals surface area (Å²) >= 11 is 0. The molecule has 19 heavy (non-hydrogen) atoms. The zero-order valence-electron chi connectivity index (χ0n) is 11.0. The first-order valence-electron chi connectivity index (χ1n) is 6.14. The summed E-state index contributed by atoms with van der Waals surface area (Å²) in [5.74, 6) is 0.0136. The molecule has 1 aromatic heterocycles. The van der Waals surface area contributed by atoms with E-state index < -0.39 is 11.9 Å². The summed E-state index contributed by atoms with van der Waals surface area (Å²) in [4.78, 5) is 0. The highest BCUT2D eigenvalue weighted by molar-refractivity contribution is 5.30. The molecule has 102 valence electrons. The minimum Gasteiger partial charge on any atom is -0.493 e. The van der Waals surface area contributed by atoms with Crippen LogP contribution in [0.25, 0.3) is 0 Å². The van der Waals surface area contributed by atoms with E-state index in [0.29, 0.717) is 18.8 Å². The Balaban J connectivity index is 1.91. The van der Waals surface area contributed by atoms with Gasteiger partial charge >= 0.3 is 0 Å². The molecule has 0 bridgehead atoms. The van der Waals surface area contributed by atoms with Gasteiger partial charge in [0.25, 0.3) is 0 Å². The van der Waals surface area contributed by atoms with Crippen LogP contribution in [0.5, 0.6) is 5.75 Å². The van der Waals surface area contributed by atoms with Crippen LogP contribution in [-0.2, 0) is 13.5 Å². The Kier molecular flexibility index (Phi) is 4.16. The third-order valence-electron chi connectivity index (χ3n) is 2.84. The van der Waals surface area contributed by atoms with Gasteiger partial charge in [0, 0.05) is 31.3 Å². The molecule has 1 atom stereocenters. The van der Waals surface area contributed by atoms with Crippen molar-refractivity contribution < 1.29 is 14.2 Å². The van der Waals surface area contributed by atoms with Crippen molar-refractivity contribution in [3.8, 4) is 5.75 Å². The van der Waals surface area contributed by atoms with Gasteiger partial charge in [-0.25, -0.2) is 4.39 Å². The molecule has 1 N–H and O–H groups in total. The molecule has 0 saturated carbocycles. The van der Waals surface area contributed by atoms with E-state index in [0.717, 1.165) is 5.56 Å². The van der Waals surface area contributed by atoms with E-state index in [1.165, 1.54) is 13.0 Å². The molecule has 0 aliphatic heterocycles. The Morgan fingerprint density at radius 2 is 2.26 bits per heavy atom. The van der Waals surface area contributed by atoms with Gasteiger partial charge in [0.2, 0.25) is 0 Å². The number of hydrogen-bond acceptors (Lipinski definition) is 3. The van der Waals surface area contributed by atoms with Crippen molar-refractivity contribution in [3.63, 3.8) is 0 Å². The van der Waals surface area contributed by atoms with E-state index in [4.69, 9.17) is 4.74 Å². The quantitative estimate of drug-likeness (QED) is 0.901. The highest BCUT2D eigenvalue weighted by Gasteiger charge is 2.09. The number of halogens is 1. The van der Waals surface area contributed by atoms with Crippen LogP contribution in [0, 0.1) is 5.82 Å². The van der Waals surface area contributed by atoms with E-state index in [1.54, 1.807) is 23.0 Å². The Bertz CT molecular complexity index is 552. The van der Waals surface area contributed by atoms with Crippen molar-refractivity contribution in [2.45, 2.75) is 19.4 Å². The third-order valence-corrected chi connectivity index (χ3v) is 2.84. The van der Waals surface area contributed by atoms with Crippen molar-refractivity contribution in [3.05, 3.63) is 47.5 Å². The van der Waals surface area contributed by atoms with Gasteiger partial charge in [0.05, 0.1) is 18.9 Å². The molecule has 2 aromatic rings. The van der Waals surface area contributed by atoms with Crippen LogP contribution in [0.15, 0.2) is 30.6 Å². The summed E-state index contributed by atoms with van der Waals surface area (Å²) < 4.78 is 20.8. The second kappa shape index (κ2) is 5.84. The van der Waals surface area contributed by atoms with Crippen molar-refractivity contribution in [2.24, 2.45) is 7.05 Å². The number of rotatable bonds is 5. The van der Waals surface area contributed by atoms with E-state index in [9.17, 15) is 9.50 Å². The lowest BCUT2D eigenvalue weighted by atomic mass is 10.1. The summed E-state index contributed by atoms with van der Waals surface area (Å²) in [5.41, 5.74) is 1.35. The largest absolute Gasteiger partial charge is 0.493 e. The van der Waals surface area contributed by atoms with Gasteiger partial charge in [-0.05, 0) is 24.6 Å². The number of hydrogen-bond donors (Lipinski definition) is 1. The molecule has 0 radical (unpaired) electrons. The van der Waals surface area contributed by atoms with Crippen molar-refractivity contribution >= 4 is 0 Å². The summed E-state index contributed by atoms with van der Waals surface area (Å²) in [5, 5.41) is 13.4. The summed E-state index contributed by atoms with van der Waals surface area (Å²) in [6.45, 7) is 1.99. The van der Waals surface area contributed by atoms with Gasteiger partial charge in [-0.2, -0.15) is 5.10 Å². The number of nitrogens with zero attached hydrogens (tertiary/aromatic N) is 2. The van der Waals surface area contributed by atoms with Gasteiger partial charge in [-0.1, -0.05) is 0 Å². The predicted molar refractivity (Wildman–Crippen MR) is 69.4 cm³/mol. The highest BCUT2D eigenvalue weighted by Crippen LogP contribution is 2.21. The number of ether oxygens (including phenoxy) is 1. The minimum atomic E-state index is -0.815. The van der Waals surface area contributed by atoms with E-state index in [2.05, 4.69) is 5.10 Å². The standard InChI is InChI=1S/C14H17FN2O2/c1-10(18)13-4-3-12(7-14(13)15)19-6-5-11-8-16-17(2)9-11/h3-4,7-10,18H,5-6H2,1-2H3. The normalized spacial score (nSPS) is 12.4. The predicted octanol–water partition coefficient (Wildman–Crippen LogP) is 2.23. The molecule has 0 amide bonds. The molecule has 0 fully saturated rings. The number of aryl methyl sites for hydroxylation is 1. The van der Waals surface area contributed by atoms with E-state index in [1.807, 2.05) is 13.2 Å². The van der Waals surface area contributed by atoms with E-state index >= 15 is 0 Å². The van der Waals surface area contributed by atoms with Crippen LogP contribution in [0.1, 0.15) is 24.2 Å². The second-order valence-electron chi connectivity index (χ2n) is 4.48. The zero-order chi connectivity index (χ0) is 13.8. The fraction of sp³-hybridized carbons (Fsp3) is 0.357. The van der Waals surface area contributed by atoms with Crippen LogP contribution in [0.4, 0.5) is 4.39 Å². The van der Waals surface area contributed by atoms with Crippen LogP contribution in [0.2, 0.25) is 0 Å². The molecule has 0 aliphatic rings. The molecule has 1 unspecified atom stereocenters. The lowest BCUT2D eigenvalue weighted by molar-refractivity contribution is 0.194. The van der Waals surface area contributed by atoms with Crippen LogP contribution in [0.3, 0.4) is 0 Å². The maximum atomic E-state index is 13.6. The first-order chi connectivity index (χ1) is 9.06. The average molecular weight is 264 g/mol. The molecule has 1 heterocycles. The van der Waals surface area contributed by atoms with Crippen molar-refractivity contribution in [1.29, 1.82) is 0 Å². The zero-order valence-corrected chi connectivity index (χ0v) is 11.0. The Morgan fingerprint density at radius 3 is 2.84 bits per heavy atom. The van der Waals surface area contributed by atoms with Gasteiger partial charge in [-0.3, -0.25) is 4.68 Å². The average Bonchev–Trinajstić information content (AvgIpc) is 2.75. The number of benzene rings is 1. The molecular formula is C14H17FN2O2. The third kappa shape index (κ3) is 3.54. The van der Waals surface area contributed by atoms with Crippen molar-refractivity contribution in [2.75, 3.05) is 6.61 Å². The van der Waals surface area contributed by atoms with Gasteiger partial charge in [-0.15, -0.1) is 0 Å². The number of aliphatic hydroxyl groups excluding tert-OH is 1. The summed E-state index contributed by atoms with van der Waals surface area (Å²) in [6, 6.07) is 4.50. The maximum absolute atomic E-state index is 13.6. The SMILES string of the molecule is CC(O)c1ccc(OCCc2cnn(C)c2)cc1F. The molecule has 0 saturated heterocycles. The van der Waals surface area contributed by atoms with Crippen LogP contribution >= 0.6 is 0 Å². The lowest BCUT2D eigenvalue weighted by Gasteiger charge is -2.09. The summed E-state index contributed by atoms with van der Waals surface area (Å²) in [7, 11) is 1.86. The molecular weight excluding hydrogens is 247 g/mol. The molecule has 2 rings (SSSR count). The lowest BCUT2D eigenvalue weighted by Crippen LogP contribution is -2.02. The van der Waals surface area contributed by atoms with Crippen LogP contribution in [-0.4, -0.2) is 21.5 Å². The Labute approximate surface area is 111 Å². The van der Waals surface area contributed by atoms with E-state index in [-0.39, 0.29) is 5.56 Å². The van der Waals surface area contributed by atoms with Crippen molar-refractivity contribution in [1.82, 2.24) is 9.78 Å². The number of aromatic nitrogens is 2. The summed E-state index contributed by atoms with van der Waals surface area (Å²) in [6.07, 6.45) is 3.60. The molecule has 1 aromatic carbocycles. The Hall–Kier alpha value is -1.88. The highest BCUT2D eigenvalue weighted by atomic mass is 19.1. The minimum absolute atomic E-state index is 0.277. The fourth-order valence-electron chi connectivity index (χ4n) is 1.82. The van der Waals surface area contributed by atoms with Gasteiger partial charge < -0.3 is 9.84 Å². The number of aliphatic hydroxyl groups is 1. The molecule has 5 heteroatoms. The molecule has 0 spiro atoms. The fourth-order valence-corrected chi connectivity index (χ4v) is 1.82. The topological polar surface area (TPSA) is 47.3 Å². The first kappa shape index (κ1) is 13.5. The molecule has 0 aliphatic carbocycles. The maximum Gasteiger partial charge on any atom is 0.132 e.